The van der Waals surface area contributed by atoms with E-state index in [0.717, 1.165) is 12.3 Å². The van der Waals surface area contributed by atoms with Crippen LogP contribution in [0.25, 0.3) is 0 Å². The Labute approximate surface area is 150 Å². The van der Waals surface area contributed by atoms with E-state index in [0.29, 0.717) is 5.92 Å². The molecule has 1 atom stereocenters. The predicted octanol–water partition coefficient (Wildman–Crippen LogP) is 6.05. The summed E-state index contributed by atoms with van der Waals surface area (Å²) in [7, 11) is 1.76. The lowest BCUT2D eigenvalue weighted by Gasteiger charge is -2.28. The normalized spacial score (nSPS) is 17.3. The summed E-state index contributed by atoms with van der Waals surface area (Å²) in [5.41, 5.74) is 3.81. The van der Waals surface area contributed by atoms with Gasteiger partial charge in [0, 0.05) is 22.9 Å². The first-order valence-electron chi connectivity index (χ1n) is 8.87. The Bertz CT molecular complexity index is 671. The third-order valence-corrected chi connectivity index (χ3v) is 5.99. The van der Waals surface area contributed by atoms with Crippen LogP contribution in [0.3, 0.4) is 0 Å². The molecule has 0 aliphatic carbocycles. The molecular formula is C21H27NOS. The van der Waals surface area contributed by atoms with Gasteiger partial charge < -0.3 is 9.64 Å². The second-order valence-electron chi connectivity index (χ2n) is 6.55. The number of nitrogens with zero attached hydrogens (tertiary/aromatic N) is 1. The number of benzene rings is 2. The maximum atomic E-state index is 5.55. The van der Waals surface area contributed by atoms with Crippen molar-refractivity contribution in [3.05, 3.63) is 48.0 Å². The van der Waals surface area contributed by atoms with Gasteiger partial charge in [0.25, 0.3) is 0 Å². The van der Waals surface area contributed by atoms with Gasteiger partial charge in [-0.15, -0.1) is 11.8 Å². The van der Waals surface area contributed by atoms with Crippen molar-refractivity contribution in [3.63, 3.8) is 0 Å². The maximum Gasteiger partial charge on any atom is 0.123 e. The van der Waals surface area contributed by atoms with E-state index in [1.165, 1.54) is 46.8 Å². The number of unbranched alkanes of at least 4 members (excludes halogenated alkanes) is 1. The molecule has 3 rings (SSSR count). The topological polar surface area (TPSA) is 12.5 Å². The van der Waals surface area contributed by atoms with Crippen molar-refractivity contribution in [3.8, 4) is 5.75 Å². The Morgan fingerprint density at radius 3 is 2.71 bits per heavy atom. The molecule has 1 aliphatic rings. The average Bonchev–Trinajstić information content (AvgIpc) is 2.79. The van der Waals surface area contributed by atoms with E-state index >= 15 is 0 Å². The molecule has 2 aromatic rings. The molecule has 2 aromatic carbocycles. The zero-order valence-electron chi connectivity index (χ0n) is 14.9. The average molecular weight is 342 g/mol. The molecule has 24 heavy (non-hydrogen) atoms. The summed E-state index contributed by atoms with van der Waals surface area (Å²) in [5, 5.41) is 0. The molecule has 0 aromatic heterocycles. The highest BCUT2D eigenvalue weighted by Gasteiger charge is 2.24. The fraction of sp³-hybridized carbons (Fsp3) is 0.429. The number of aryl methyl sites for hydroxylation is 1. The molecule has 0 bridgehead atoms. The van der Waals surface area contributed by atoms with Crippen LogP contribution in [-0.4, -0.2) is 19.4 Å². The fourth-order valence-electron chi connectivity index (χ4n) is 3.34. The fourth-order valence-corrected chi connectivity index (χ4v) is 4.53. The van der Waals surface area contributed by atoms with E-state index in [4.69, 9.17) is 4.74 Å². The number of para-hydroxylation sites is 1. The monoisotopic (exact) mass is 341 g/mol. The van der Waals surface area contributed by atoms with Crippen molar-refractivity contribution >= 4 is 23.1 Å². The zero-order valence-corrected chi connectivity index (χ0v) is 15.7. The summed E-state index contributed by atoms with van der Waals surface area (Å²) < 4.78 is 5.55. The molecule has 1 unspecified atom stereocenters. The van der Waals surface area contributed by atoms with Crippen molar-refractivity contribution in [2.75, 3.05) is 24.3 Å². The molecule has 2 nitrogen and oxygen atoms in total. The lowest BCUT2D eigenvalue weighted by molar-refractivity contribution is 0.410. The van der Waals surface area contributed by atoms with Crippen molar-refractivity contribution in [2.24, 2.45) is 5.92 Å². The molecule has 0 spiro atoms. The first kappa shape index (κ1) is 17.2. The van der Waals surface area contributed by atoms with E-state index in [1.807, 2.05) is 11.8 Å². The summed E-state index contributed by atoms with van der Waals surface area (Å²) in [4.78, 5) is 3.84. The first-order chi connectivity index (χ1) is 11.7. The minimum atomic E-state index is 0.717. The molecule has 1 aliphatic heterocycles. The zero-order chi connectivity index (χ0) is 16.9. The summed E-state index contributed by atoms with van der Waals surface area (Å²) in [6, 6.07) is 15.3. The molecule has 128 valence electrons. The van der Waals surface area contributed by atoms with Crippen LogP contribution in [0.15, 0.2) is 47.4 Å². The van der Waals surface area contributed by atoms with Crippen LogP contribution in [0.4, 0.5) is 11.4 Å². The summed E-state index contributed by atoms with van der Waals surface area (Å²) in [5.74, 6) is 2.89. The second-order valence-corrected chi connectivity index (χ2v) is 7.62. The van der Waals surface area contributed by atoms with Crippen molar-refractivity contribution in [1.29, 1.82) is 0 Å². The largest absolute Gasteiger partial charge is 0.496 e. The number of hydrogen-bond donors (Lipinski definition) is 0. The Hall–Kier alpha value is -1.61. The second kappa shape index (κ2) is 7.98. The van der Waals surface area contributed by atoms with Crippen molar-refractivity contribution in [2.45, 2.75) is 38.0 Å². The molecular weight excluding hydrogens is 314 g/mol. The van der Waals surface area contributed by atoms with Crippen LogP contribution < -0.4 is 9.64 Å². The SMILES string of the molecule is CCCCC1CSc2cc(OC)c(C)cc2N(c2ccccc2)C1. The van der Waals surface area contributed by atoms with Crippen LogP contribution in [0.1, 0.15) is 31.7 Å². The lowest BCUT2D eigenvalue weighted by Crippen LogP contribution is -2.25. The van der Waals surface area contributed by atoms with E-state index in [-0.39, 0.29) is 0 Å². The maximum absolute atomic E-state index is 5.55. The van der Waals surface area contributed by atoms with Gasteiger partial charge in [-0.2, -0.15) is 0 Å². The van der Waals surface area contributed by atoms with Crippen molar-refractivity contribution in [1.82, 2.24) is 0 Å². The van der Waals surface area contributed by atoms with Gasteiger partial charge >= 0.3 is 0 Å². The summed E-state index contributed by atoms with van der Waals surface area (Å²) in [6.07, 6.45) is 3.88. The highest BCUT2D eigenvalue weighted by Crippen LogP contribution is 2.43. The number of methoxy groups -OCH3 is 1. The number of hydrogen-bond acceptors (Lipinski definition) is 3. The van der Waals surface area contributed by atoms with Gasteiger partial charge in [0.15, 0.2) is 0 Å². The number of rotatable bonds is 5. The van der Waals surface area contributed by atoms with Crippen LogP contribution in [0, 0.1) is 12.8 Å². The highest BCUT2D eigenvalue weighted by atomic mass is 32.2. The smallest absolute Gasteiger partial charge is 0.123 e. The predicted molar refractivity (Wildman–Crippen MR) is 105 cm³/mol. The van der Waals surface area contributed by atoms with Gasteiger partial charge in [-0.25, -0.2) is 0 Å². The third-order valence-electron chi connectivity index (χ3n) is 4.72. The van der Waals surface area contributed by atoms with Gasteiger partial charge in [0.1, 0.15) is 5.75 Å². The highest BCUT2D eigenvalue weighted by molar-refractivity contribution is 7.99. The number of fused-ring (bicyclic) bond motifs is 1. The number of anilines is 2. The first-order valence-corrected chi connectivity index (χ1v) is 9.85. The van der Waals surface area contributed by atoms with Gasteiger partial charge in [0.05, 0.1) is 12.8 Å². The van der Waals surface area contributed by atoms with Crippen LogP contribution in [-0.2, 0) is 0 Å². The van der Waals surface area contributed by atoms with Gasteiger partial charge in [0.2, 0.25) is 0 Å². The van der Waals surface area contributed by atoms with E-state index in [9.17, 15) is 0 Å². The lowest BCUT2D eigenvalue weighted by atomic mass is 10.0. The summed E-state index contributed by atoms with van der Waals surface area (Å²) in [6.45, 7) is 5.50. The van der Waals surface area contributed by atoms with Crippen LogP contribution in [0.5, 0.6) is 5.75 Å². The van der Waals surface area contributed by atoms with Crippen LogP contribution >= 0.6 is 11.8 Å². The Morgan fingerprint density at radius 1 is 1.21 bits per heavy atom. The third kappa shape index (κ3) is 3.72. The molecule has 3 heteroatoms. The standard InChI is InChI=1S/C21H27NOS/c1-4-5-9-17-14-22(18-10-7-6-8-11-18)19-12-16(2)20(23-3)13-21(19)24-15-17/h6-8,10-13,17H,4-5,9,14-15H2,1-3H3. The molecule has 0 radical (unpaired) electrons. The Morgan fingerprint density at radius 2 is 2.00 bits per heavy atom. The van der Waals surface area contributed by atoms with Gasteiger partial charge in [-0.3, -0.25) is 0 Å². The molecule has 0 N–H and O–H groups in total. The molecule has 0 saturated carbocycles. The number of ether oxygens (including phenoxy) is 1. The summed E-state index contributed by atoms with van der Waals surface area (Å²) >= 11 is 1.98. The molecule has 1 heterocycles. The van der Waals surface area contributed by atoms with Crippen LogP contribution in [0.2, 0.25) is 0 Å². The van der Waals surface area contributed by atoms with E-state index in [2.05, 4.69) is 61.2 Å². The van der Waals surface area contributed by atoms with E-state index in [1.54, 1.807) is 7.11 Å². The van der Waals surface area contributed by atoms with E-state index < -0.39 is 0 Å². The quantitative estimate of drug-likeness (QED) is 0.656. The molecule has 0 fully saturated rings. The van der Waals surface area contributed by atoms with Crippen molar-refractivity contribution < 1.29 is 4.74 Å². The van der Waals surface area contributed by atoms with Gasteiger partial charge in [-0.1, -0.05) is 38.0 Å². The minimum absolute atomic E-state index is 0.717. The molecule has 0 amide bonds. The van der Waals surface area contributed by atoms with Gasteiger partial charge in [-0.05, 0) is 49.1 Å². The Kier molecular flexibility index (Phi) is 5.72. The minimum Gasteiger partial charge on any atom is -0.496 e. The molecule has 0 saturated heterocycles. The number of thioether (sulfide) groups is 1. The Balaban J connectivity index is 2.00.